The van der Waals surface area contributed by atoms with Crippen LogP contribution in [0.5, 0.6) is 11.5 Å². The Morgan fingerprint density at radius 1 is 1.02 bits per heavy atom. The molecule has 5 rings (SSSR count). The van der Waals surface area contributed by atoms with Crippen LogP contribution < -0.4 is 24.4 Å². The summed E-state index contributed by atoms with van der Waals surface area (Å²) in [5.74, 6) is 0.451. The minimum atomic E-state index is -0.709. The van der Waals surface area contributed by atoms with Crippen molar-refractivity contribution in [1.82, 2.24) is 4.57 Å². The van der Waals surface area contributed by atoms with Crippen LogP contribution in [0.15, 0.2) is 93.9 Å². The molecule has 0 bridgehead atoms. The Bertz CT molecular complexity index is 1800. The van der Waals surface area contributed by atoms with E-state index in [1.54, 1.807) is 61.7 Å². The second-order valence-electron chi connectivity index (χ2n) is 9.99. The molecule has 0 saturated carbocycles. The zero-order valence-corrected chi connectivity index (χ0v) is 24.6. The van der Waals surface area contributed by atoms with E-state index in [4.69, 9.17) is 14.2 Å². The Labute approximate surface area is 246 Å². The van der Waals surface area contributed by atoms with Crippen LogP contribution in [0.2, 0.25) is 0 Å². The van der Waals surface area contributed by atoms with Gasteiger partial charge in [-0.15, -0.1) is 0 Å². The largest absolute Gasteiger partial charge is 0.494 e. The number of benzene rings is 3. The van der Waals surface area contributed by atoms with Crippen LogP contribution in [-0.4, -0.2) is 23.2 Å². The molecule has 1 aliphatic heterocycles. The molecule has 3 aromatic carbocycles. The van der Waals surface area contributed by atoms with Gasteiger partial charge in [-0.2, -0.15) is 0 Å². The highest BCUT2D eigenvalue weighted by molar-refractivity contribution is 7.07. The number of nitrogens with zero attached hydrogens (tertiary/aromatic N) is 2. The van der Waals surface area contributed by atoms with E-state index in [0.29, 0.717) is 44.3 Å². The molecule has 0 radical (unpaired) electrons. The zero-order chi connectivity index (χ0) is 29.8. The van der Waals surface area contributed by atoms with E-state index in [2.05, 4.69) is 4.99 Å². The lowest BCUT2D eigenvalue weighted by molar-refractivity contribution is -0.143. The number of hydrogen-bond donors (Lipinski definition) is 0. The molecule has 0 unspecified atom stereocenters. The molecule has 0 spiro atoms. The molecule has 1 atom stereocenters. The molecule has 2 heterocycles. The number of carbonyl (C=O) groups excluding carboxylic acids is 1. The summed E-state index contributed by atoms with van der Waals surface area (Å²) >= 11 is 1.26. The number of halogens is 1. The van der Waals surface area contributed by atoms with E-state index in [1.165, 1.54) is 17.4 Å². The van der Waals surface area contributed by atoms with Crippen LogP contribution in [0.4, 0.5) is 4.39 Å². The maximum atomic E-state index is 13.9. The van der Waals surface area contributed by atoms with Gasteiger partial charge < -0.3 is 14.2 Å². The molecule has 0 aliphatic carbocycles. The molecule has 0 N–H and O–H groups in total. The van der Waals surface area contributed by atoms with Crippen molar-refractivity contribution < 1.29 is 23.4 Å². The molecule has 216 valence electrons. The third-order valence-electron chi connectivity index (χ3n) is 6.62. The molecule has 0 saturated heterocycles. The number of hydrogen-bond acceptors (Lipinski definition) is 7. The predicted octanol–water partition coefficient (Wildman–Crippen LogP) is 5.30. The second-order valence-corrected chi connectivity index (χ2v) is 11.0. The highest BCUT2D eigenvalue weighted by Gasteiger charge is 2.33. The number of thiazole rings is 1. The standard InChI is InChI=1S/C33H31FN2O5S/c1-5-39-25-16-12-23(13-17-25)30-29(32(38)41-20(2)3)21(4)35-33-36(30)31(37)28(42-33)18-22-10-14-26(15-11-22)40-19-24-8-6-7-9-27(24)34/h6-18,20,30H,5,19H2,1-4H3/b28-18+/t30-/m0/s1. The number of aromatic nitrogens is 1. The molecule has 9 heteroatoms. The Morgan fingerprint density at radius 2 is 1.69 bits per heavy atom. The first-order chi connectivity index (χ1) is 20.2. The summed E-state index contributed by atoms with van der Waals surface area (Å²) in [4.78, 5) is 32.3. The summed E-state index contributed by atoms with van der Waals surface area (Å²) in [6, 6.07) is 20.3. The van der Waals surface area contributed by atoms with Gasteiger partial charge in [-0.1, -0.05) is 53.8 Å². The molecule has 7 nitrogen and oxygen atoms in total. The van der Waals surface area contributed by atoms with Crippen molar-refractivity contribution in [2.75, 3.05) is 6.61 Å². The molecular weight excluding hydrogens is 555 g/mol. The average Bonchev–Trinajstić information content (AvgIpc) is 3.26. The first-order valence-electron chi connectivity index (χ1n) is 13.7. The van der Waals surface area contributed by atoms with Gasteiger partial charge in [0.25, 0.3) is 5.56 Å². The molecule has 4 aromatic rings. The molecule has 1 aromatic heterocycles. The molecule has 1 aliphatic rings. The number of rotatable bonds is 9. The van der Waals surface area contributed by atoms with Gasteiger partial charge in [-0.3, -0.25) is 9.36 Å². The van der Waals surface area contributed by atoms with E-state index in [0.717, 1.165) is 11.1 Å². The van der Waals surface area contributed by atoms with Gasteiger partial charge >= 0.3 is 5.97 Å². The fourth-order valence-electron chi connectivity index (χ4n) is 4.68. The SMILES string of the molecule is CCOc1ccc([C@H]2C(C(=O)OC(C)C)=C(C)N=c3s/c(=C/c4ccc(OCc5ccccc5F)cc4)c(=O)n32)cc1. The normalized spacial score (nSPS) is 14.9. The first kappa shape index (κ1) is 29.0. The fourth-order valence-corrected chi connectivity index (χ4v) is 5.72. The van der Waals surface area contributed by atoms with Crippen molar-refractivity contribution in [2.45, 2.75) is 46.4 Å². The van der Waals surface area contributed by atoms with Gasteiger partial charge in [0.2, 0.25) is 0 Å². The number of carbonyl (C=O) groups is 1. The summed E-state index contributed by atoms with van der Waals surface area (Å²) in [5, 5.41) is 0. The topological polar surface area (TPSA) is 79.1 Å². The minimum Gasteiger partial charge on any atom is -0.494 e. The van der Waals surface area contributed by atoms with Crippen LogP contribution >= 0.6 is 11.3 Å². The maximum absolute atomic E-state index is 13.9. The number of ether oxygens (including phenoxy) is 3. The van der Waals surface area contributed by atoms with Crippen LogP contribution in [0.3, 0.4) is 0 Å². The zero-order valence-electron chi connectivity index (χ0n) is 23.8. The summed E-state index contributed by atoms with van der Waals surface area (Å²) in [6.07, 6.45) is 1.45. The monoisotopic (exact) mass is 586 g/mol. The predicted molar refractivity (Wildman–Crippen MR) is 160 cm³/mol. The third-order valence-corrected chi connectivity index (χ3v) is 7.60. The Hall–Kier alpha value is -4.50. The lowest BCUT2D eigenvalue weighted by Crippen LogP contribution is -2.40. The second kappa shape index (κ2) is 12.6. The van der Waals surface area contributed by atoms with Crippen LogP contribution in [-0.2, 0) is 16.1 Å². The molecule has 42 heavy (non-hydrogen) atoms. The lowest BCUT2D eigenvalue weighted by atomic mass is 9.96. The molecule has 0 fully saturated rings. The average molecular weight is 587 g/mol. The molecular formula is C33H31FN2O5S. The van der Waals surface area contributed by atoms with Crippen molar-refractivity contribution in [3.8, 4) is 11.5 Å². The van der Waals surface area contributed by atoms with E-state index >= 15 is 0 Å². The summed E-state index contributed by atoms with van der Waals surface area (Å²) in [6.45, 7) is 7.87. The van der Waals surface area contributed by atoms with Crippen molar-refractivity contribution >= 4 is 23.4 Å². The van der Waals surface area contributed by atoms with E-state index < -0.39 is 12.0 Å². The van der Waals surface area contributed by atoms with Crippen LogP contribution in [0.25, 0.3) is 6.08 Å². The van der Waals surface area contributed by atoms with Crippen LogP contribution in [0, 0.1) is 5.82 Å². The van der Waals surface area contributed by atoms with E-state index in [-0.39, 0.29) is 24.1 Å². The quantitative estimate of drug-likeness (QED) is 0.249. The maximum Gasteiger partial charge on any atom is 0.338 e. The Balaban J connectivity index is 1.50. The Kier molecular flexibility index (Phi) is 8.68. The van der Waals surface area contributed by atoms with E-state index in [1.807, 2.05) is 43.3 Å². The molecule has 0 amide bonds. The van der Waals surface area contributed by atoms with Gasteiger partial charge in [0, 0.05) is 5.56 Å². The van der Waals surface area contributed by atoms with Gasteiger partial charge in [-0.25, -0.2) is 14.2 Å². The van der Waals surface area contributed by atoms with E-state index in [9.17, 15) is 14.0 Å². The van der Waals surface area contributed by atoms with Crippen LogP contribution in [0.1, 0.15) is 50.4 Å². The van der Waals surface area contributed by atoms with Crippen molar-refractivity contribution in [2.24, 2.45) is 4.99 Å². The smallest absolute Gasteiger partial charge is 0.338 e. The summed E-state index contributed by atoms with van der Waals surface area (Å²) < 4.78 is 32.8. The van der Waals surface area contributed by atoms with Crippen molar-refractivity contribution in [3.63, 3.8) is 0 Å². The number of esters is 1. The van der Waals surface area contributed by atoms with Crippen molar-refractivity contribution in [1.29, 1.82) is 0 Å². The lowest BCUT2D eigenvalue weighted by Gasteiger charge is -2.25. The van der Waals surface area contributed by atoms with Crippen molar-refractivity contribution in [3.05, 3.63) is 126 Å². The number of allylic oxidation sites excluding steroid dienone is 1. The highest BCUT2D eigenvalue weighted by Crippen LogP contribution is 2.32. The summed E-state index contributed by atoms with van der Waals surface area (Å²) in [5.41, 5.74) is 2.56. The first-order valence-corrected chi connectivity index (χ1v) is 14.5. The van der Waals surface area contributed by atoms with Gasteiger partial charge in [0.15, 0.2) is 4.80 Å². The summed E-state index contributed by atoms with van der Waals surface area (Å²) in [7, 11) is 0. The Morgan fingerprint density at radius 3 is 2.36 bits per heavy atom. The third kappa shape index (κ3) is 6.21. The highest BCUT2D eigenvalue weighted by atomic mass is 32.1. The van der Waals surface area contributed by atoms with Gasteiger partial charge in [0.1, 0.15) is 23.9 Å². The number of fused-ring (bicyclic) bond motifs is 1. The van der Waals surface area contributed by atoms with Gasteiger partial charge in [0.05, 0.1) is 34.6 Å². The minimum absolute atomic E-state index is 0.108. The fraction of sp³-hybridized carbons (Fsp3) is 0.242. The van der Waals surface area contributed by atoms with Gasteiger partial charge in [-0.05, 0) is 75.2 Å².